The minimum Gasteiger partial charge on any atom is -0.377 e. The van der Waals surface area contributed by atoms with Crippen molar-refractivity contribution in [2.45, 2.75) is 32.7 Å². The van der Waals surface area contributed by atoms with E-state index < -0.39 is 0 Å². The van der Waals surface area contributed by atoms with Gasteiger partial charge in [0.2, 0.25) is 0 Å². The predicted octanol–water partition coefficient (Wildman–Crippen LogP) is 5.92. The Balaban J connectivity index is 1.82. The van der Waals surface area contributed by atoms with Crippen molar-refractivity contribution in [1.82, 2.24) is 4.98 Å². The quantitative estimate of drug-likeness (QED) is 0.642. The number of aromatic nitrogens is 1. The summed E-state index contributed by atoms with van der Waals surface area (Å²) in [7, 11) is 0. The molecule has 0 saturated heterocycles. The average molecular weight is 337 g/mol. The van der Waals surface area contributed by atoms with E-state index in [1.54, 1.807) is 11.3 Å². The van der Waals surface area contributed by atoms with Crippen LogP contribution in [0.3, 0.4) is 0 Å². The van der Waals surface area contributed by atoms with Gasteiger partial charge in [-0.3, -0.25) is 0 Å². The predicted molar refractivity (Wildman–Crippen MR) is 95.0 cm³/mol. The minimum atomic E-state index is 0.204. The molecule has 1 N–H and O–H groups in total. The highest BCUT2D eigenvalue weighted by molar-refractivity contribution is 7.16. The van der Waals surface area contributed by atoms with Crippen LogP contribution in [-0.2, 0) is 12.0 Å². The summed E-state index contributed by atoms with van der Waals surface area (Å²) in [5.41, 5.74) is 3.95. The number of nitrogens with one attached hydrogen (secondary N) is 1. The smallest absolute Gasteiger partial charge is 0.106 e. The second-order valence-electron chi connectivity index (χ2n) is 5.99. The molecule has 0 saturated carbocycles. The number of benzene rings is 1. The number of hydrogen-bond acceptors (Lipinski definition) is 4. The zero-order valence-corrected chi connectivity index (χ0v) is 14.6. The first-order valence-electron chi connectivity index (χ1n) is 6.80. The summed E-state index contributed by atoms with van der Waals surface area (Å²) in [5.74, 6) is 0. The topological polar surface area (TPSA) is 24.9 Å². The van der Waals surface area contributed by atoms with Crippen molar-refractivity contribution in [2.24, 2.45) is 0 Å². The largest absolute Gasteiger partial charge is 0.377 e. The Hall–Kier alpha value is -1.10. The second-order valence-corrected chi connectivity index (χ2v) is 8.45. The Labute approximate surface area is 137 Å². The standard InChI is InChI=1S/C16H17ClN2S2/c1-16(2,3)13-7-4-10(21-13)8-18-14-11(17)5-6-12-15(14)19-9-20-12/h4-7,9,18H,8H2,1-3H3. The molecule has 2 nitrogen and oxygen atoms in total. The highest BCUT2D eigenvalue weighted by Crippen LogP contribution is 2.34. The number of thiazole rings is 1. The Bertz CT molecular complexity index is 768. The lowest BCUT2D eigenvalue weighted by atomic mass is 9.95. The molecule has 5 heteroatoms. The van der Waals surface area contributed by atoms with Gasteiger partial charge in [0.15, 0.2) is 0 Å². The number of fused-ring (bicyclic) bond motifs is 1. The van der Waals surface area contributed by atoms with E-state index in [-0.39, 0.29) is 5.41 Å². The third-order valence-corrected chi connectivity index (χ3v) is 5.91. The molecule has 3 aromatic rings. The molecule has 2 heterocycles. The molecule has 0 aliphatic heterocycles. The molecule has 21 heavy (non-hydrogen) atoms. The van der Waals surface area contributed by atoms with Crippen LogP contribution in [0.15, 0.2) is 29.8 Å². The van der Waals surface area contributed by atoms with Crippen LogP contribution in [0, 0.1) is 0 Å². The summed E-state index contributed by atoms with van der Waals surface area (Å²) in [6, 6.07) is 8.35. The number of hydrogen-bond donors (Lipinski definition) is 1. The van der Waals surface area contributed by atoms with Crippen molar-refractivity contribution >= 4 is 50.2 Å². The van der Waals surface area contributed by atoms with Gasteiger partial charge in [0.25, 0.3) is 0 Å². The van der Waals surface area contributed by atoms with E-state index in [0.29, 0.717) is 0 Å². The Kier molecular flexibility index (Phi) is 3.95. The molecule has 0 fully saturated rings. The second kappa shape index (κ2) is 5.59. The van der Waals surface area contributed by atoms with Crippen molar-refractivity contribution in [3.05, 3.63) is 44.6 Å². The van der Waals surface area contributed by atoms with Gasteiger partial charge < -0.3 is 5.32 Å². The number of nitrogens with zero attached hydrogens (tertiary/aromatic N) is 1. The van der Waals surface area contributed by atoms with Gasteiger partial charge in [0.1, 0.15) is 5.52 Å². The average Bonchev–Trinajstić information content (AvgIpc) is 3.05. The van der Waals surface area contributed by atoms with Crippen LogP contribution in [-0.4, -0.2) is 4.98 Å². The molecular weight excluding hydrogens is 320 g/mol. The van der Waals surface area contributed by atoms with Crippen LogP contribution >= 0.6 is 34.3 Å². The Morgan fingerprint density at radius 2 is 2.00 bits per heavy atom. The van der Waals surface area contributed by atoms with Crippen LogP contribution < -0.4 is 5.32 Å². The fourth-order valence-electron chi connectivity index (χ4n) is 2.13. The van der Waals surface area contributed by atoms with Crippen LogP contribution in [0.1, 0.15) is 30.5 Å². The van der Waals surface area contributed by atoms with Crippen LogP contribution in [0.2, 0.25) is 5.02 Å². The molecule has 3 rings (SSSR count). The first kappa shape index (κ1) is 14.8. The van der Waals surface area contributed by atoms with E-state index in [9.17, 15) is 0 Å². The fraction of sp³-hybridized carbons (Fsp3) is 0.312. The van der Waals surface area contributed by atoms with Crippen molar-refractivity contribution in [3.8, 4) is 0 Å². The molecule has 0 radical (unpaired) electrons. The van der Waals surface area contributed by atoms with E-state index in [1.807, 2.05) is 29.0 Å². The summed E-state index contributed by atoms with van der Waals surface area (Å²) in [5, 5.41) is 4.17. The summed E-state index contributed by atoms with van der Waals surface area (Å²) in [6.45, 7) is 7.49. The maximum Gasteiger partial charge on any atom is 0.106 e. The van der Waals surface area contributed by atoms with Gasteiger partial charge in [0, 0.05) is 16.3 Å². The summed E-state index contributed by atoms with van der Waals surface area (Å²) >= 11 is 9.79. The first-order valence-corrected chi connectivity index (χ1v) is 8.87. The highest BCUT2D eigenvalue weighted by atomic mass is 35.5. The monoisotopic (exact) mass is 336 g/mol. The van der Waals surface area contributed by atoms with Gasteiger partial charge in [0.05, 0.1) is 20.9 Å². The lowest BCUT2D eigenvalue weighted by molar-refractivity contribution is 0.604. The summed E-state index contributed by atoms with van der Waals surface area (Å²) < 4.78 is 1.16. The van der Waals surface area contributed by atoms with E-state index in [0.717, 1.165) is 27.5 Å². The number of thiophene rings is 1. The fourth-order valence-corrected chi connectivity index (χ4v) is 4.04. The van der Waals surface area contributed by atoms with Crippen LogP contribution in [0.25, 0.3) is 10.2 Å². The molecule has 0 bridgehead atoms. The Morgan fingerprint density at radius 3 is 2.71 bits per heavy atom. The summed E-state index contributed by atoms with van der Waals surface area (Å²) in [6.07, 6.45) is 0. The lowest BCUT2D eigenvalue weighted by Crippen LogP contribution is -2.07. The molecule has 0 amide bonds. The molecule has 0 aliphatic carbocycles. The van der Waals surface area contributed by atoms with Gasteiger partial charge in [-0.15, -0.1) is 22.7 Å². The van der Waals surface area contributed by atoms with Gasteiger partial charge >= 0.3 is 0 Å². The third kappa shape index (κ3) is 3.07. The zero-order chi connectivity index (χ0) is 15.0. The number of rotatable bonds is 3. The Morgan fingerprint density at radius 1 is 1.19 bits per heavy atom. The molecule has 1 aromatic carbocycles. The molecular formula is C16H17ClN2S2. The first-order chi connectivity index (χ1) is 9.95. The van der Waals surface area contributed by atoms with Gasteiger partial charge in [-0.05, 0) is 29.7 Å². The molecule has 0 atom stereocenters. The van der Waals surface area contributed by atoms with Gasteiger partial charge in [-0.1, -0.05) is 32.4 Å². The van der Waals surface area contributed by atoms with Crippen molar-refractivity contribution in [3.63, 3.8) is 0 Å². The molecule has 110 valence electrons. The number of anilines is 1. The molecule has 0 unspecified atom stereocenters. The molecule has 0 aliphatic rings. The minimum absolute atomic E-state index is 0.204. The van der Waals surface area contributed by atoms with E-state index in [2.05, 4.69) is 43.2 Å². The SMILES string of the molecule is CC(C)(C)c1ccc(CNc2c(Cl)ccc3scnc23)s1. The number of halogens is 1. The third-order valence-electron chi connectivity index (χ3n) is 3.29. The molecule has 2 aromatic heterocycles. The van der Waals surface area contributed by atoms with Crippen LogP contribution in [0.5, 0.6) is 0 Å². The summed E-state index contributed by atoms with van der Waals surface area (Å²) in [4.78, 5) is 7.12. The van der Waals surface area contributed by atoms with Crippen LogP contribution in [0.4, 0.5) is 5.69 Å². The van der Waals surface area contributed by atoms with E-state index in [1.165, 1.54) is 9.75 Å². The van der Waals surface area contributed by atoms with E-state index >= 15 is 0 Å². The van der Waals surface area contributed by atoms with Gasteiger partial charge in [-0.25, -0.2) is 4.98 Å². The molecule has 0 spiro atoms. The maximum atomic E-state index is 6.31. The zero-order valence-electron chi connectivity index (χ0n) is 12.2. The normalized spacial score (nSPS) is 12.0. The van der Waals surface area contributed by atoms with Crippen molar-refractivity contribution in [2.75, 3.05) is 5.32 Å². The lowest BCUT2D eigenvalue weighted by Gasteiger charge is -2.15. The van der Waals surface area contributed by atoms with Gasteiger partial charge in [-0.2, -0.15) is 0 Å². The van der Waals surface area contributed by atoms with E-state index in [4.69, 9.17) is 11.6 Å². The highest BCUT2D eigenvalue weighted by Gasteiger charge is 2.16. The van der Waals surface area contributed by atoms with Crippen molar-refractivity contribution < 1.29 is 0 Å². The maximum absolute atomic E-state index is 6.31. The van der Waals surface area contributed by atoms with Crippen molar-refractivity contribution in [1.29, 1.82) is 0 Å².